The van der Waals surface area contributed by atoms with E-state index in [1.807, 2.05) is 32.9 Å². The van der Waals surface area contributed by atoms with E-state index < -0.39 is 0 Å². The smallest absolute Gasteiger partial charge is 0.240 e. The molecule has 0 bridgehead atoms. The first-order chi connectivity index (χ1) is 9.04. The van der Waals surface area contributed by atoms with Gasteiger partial charge in [0.2, 0.25) is 5.91 Å². The number of carbonyl (C=O) groups excluding carboxylic acids is 1. The third-order valence-corrected chi connectivity index (χ3v) is 3.00. The van der Waals surface area contributed by atoms with E-state index >= 15 is 0 Å². The number of anilines is 1. The molecule has 1 aromatic rings. The number of carbonyl (C=O) groups is 1. The zero-order chi connectivity index (χ0) is 14.4. The highest BCUT2D eigenvalue weighted by molar-refractivity contribution is 5.96. The predicted molar refractivity (Wildman–Crippen MR) is 78.8 cm³/mol. The Bertz CT molecular complexity index is 421. The maximum Gasteiger partial charge on any atom is 0.240 e. The Balaban J connectivity index is 3.11. The number of benzene rings is 1. The van der Waals surface area contributed by atoms with E-state index in [4.69, 9.17) is 10.5 Å². The molecule has 4 nitrogen and oxygen atoms in total. The van der Waals surface area contributed by atoms with Crippen molar-refractivity contribution >= 4 is 11.6 Å². The molecule has 1 rings (SSSR count). The molecule has 0 unspecified atom stereocenters. The zero-order valence-electron chi connectivity index (χ0n) is 12.3. The fourth-order valence-corrected chi connectivity index (χ4v) is 2.21. The molecule has 0 fully saturated rings. The Labute approximate surface area is 115 Å². The van der Waals surface area contributed by atoms with Crippen LogP contribution in [-0.4, -0.2) is 25.6 Å². The van der Waals surface area contributed by atoms with E-state index in [0.29, 0.717) is 13.2 Å². The molecule has 0 saturated carbocycles. The molecular formula is C15H24N2O2. The topological polar surface area (TPSA) is 55.6 Å². The van der Waals surface area contributed by atoms with Gasteiger partial charge in [-0.3, -0.25) is 4.79 Å². The predicted octanol–water partition coefficient (Wildman–Crippen LogP) is 2.40. The Morgan fingerprint density at radius 3 is 2.26 bits per heavy atom. The van der Waals surface area contributed by atoms with Crippen molar-refractivity contribution < 1.29 is 9.53 Å². The van der Waals surface area contributed by atoms with Gasteiger partial charge in [-0.25, -0.2) is 0 Å². The molecule has 106 valence electrons. The quantitative estimate of drug-likeness (QED) is 0.858. The largest absolute Gasteiger partial charge is 0.494 e. The molecule has 0 saturated heterocycles. The van der Waals surface area contributed by atoms with Crippen LogP contribution < -0.4 is 15.4 Å². The third kappa shape index (κ3) is 3.70. The minimum atomic E-state index is -0.0593. The first-order valence-electron chi connectivity index (χ1n) is 6.79. The molecule has 0 spiro atoms. The van der Waals surface area contributed by atoms with Crippen molar-refractivity contribution in [2.75, 3.05) is 24.6 Å². The first-order valence-corrected chi connectivity index (χ1v) is 6.79. The van der Waals surface area contributed by atoms with Crippen LogP contribution in [0.3, 0.4) is 0 Å². The van der Waals surface area contributed by atoms with Gasteiger partial charge in [0.15, 0.2) is 0 Å². The molecule has 19 heavy (non-hydrogen) atoms. The SMILES string of the molecule is CCCOc1cc(C)c(N(CC)C(=O)CN)c(C)c1. The summed E-state index contributed by atoms with van der Waals surface area (Å²) < 4.78 is 5.64. The maximum absolute atomic E-state index is 11.9. The number of nitrogens with zero attached hydrogens (tertiary/aromatic N) is 1. The summed E-state index contributed by atoms with van der Waals surface area (Å²) in [6.45, 7) is 9.37. The standard InChI is InChI=1S/C15H24N2O2/c1-5-7-19-13-8-11(3)15(12(4)9-13)17(6-2)14(18)10-16/h8-9H,5-7,10,16H2,1-4H3. The summed E-state index contributed by atoms with van der Waals surface area (Å²) >= 11 is 0. The Kier molecular flexibility index (Phi) is 5.83. The molecule has 0 heterocycles. The summed E-state index contributed by atoms with van der Waals surface area (Å²) in [7, 11) is 0. The van der Waals surface area contributed by atoms with E-state index in [1.54, 1.807) is 4.90 Å². The number of nitrogens with two attached hydrogens (primary N) is 1. The van der Waals surface area contributed by atoms with Crippen LogP contribution in [0.5, 0.6) is 5.75 Å². The zero-order valence-corrected chi connectivity index (χ0v) is 12.3. The van der Waals surface area contributed by atoms with Crippen LogP contribution in [0.15, 0.2) is 12.1 Å². The number of amides is 1. The minimum Gasteiger partial charge on any atom is -0.494 e. The summed E-state index contributed by atoms with van der Waals surface area (Å²) in [5.41, 5.74) is 8.49. The average Bonchev–Trinajstić information content (AvgIpc) is 2.39. The number of rotatable bonds is 6. The van der Waals surface area contributed by atoms with Gasteiger partial charge in [-0.15, -0.1) is 0 Å². The number of hydrogen-bond donors (Lipinski definition) is 1. The summed E-state index contributed by atoms with van der Waals surface area (Å²) in [5.74, 6) is 0.799. The first kappa shape index (κ1) is 15.5. The molecule has 0 aliphatic carbocycles. The van der Waals surface area contributed by atoms with Crippen LogP contribution in [0.4, 0.5) is 5.69 Å². The van der Waals surface area contributed by atoms with Crippen LogP contribution in [0.1, 0.15) is 31.4 Å². The van der Waals surface area contributed by atoms with E-state index in [0.717, 1.165) is 29.0 Å². The number of hydrogen-bond acceptors (Lipinski definition) is 3. The molecule has 0 aliphatic rings. The fourth-order valence-electron chi connectivity index (χ4n) is 2.21. The van der Waals surface area contributed by atoms with Gasteiger partial charge in [0.05, 0.1) is 13.2 Å². The van der Waals surface area contributed by atoms with Crippen molar-refractivity contribution in [1.82, 2.24) is 0 Å². The molecule has 1 amide bonds. The molecule has 0 radical (unpaired) electrons. The molecule has 0 aliphatic heterocycles. The van der Waals surface area contributed by atoms with Gasteiger partial charge in [-0.2, -0.15) is 0 Å². The minimum absolute atomic E-state index is 0.0286. The van der Waals surface area contributed by atoms with Crippen LogP contribution in [0, 0.1) is 13.8 Å². The van der Waals surface area contributed by atoms with Gasteiger partial charge in [0, 0.05) is 12.2 Å². The van der Waals surface area contributed by atoms with E-state index in [2.05, 4.69) is 6.92 Å². The van der Waals surface area contributed by atoms with E-state index in [1.165, 1.54) is 0 Å². The maximum atomic E-state index is 11.9. The molecule has 0 atom stereocenters. The highest BCUT2D eigenvalue weighted by Gasteiger charge is 2.17. The normalized spacial score (nSPS) is 10.4. The number of ether oxygens (including phenoxy) is 1. The molecule has 0 aromatic heterocycles. The van der Waals surface area contributed by atoms with Gasteiger partial charge >= 0.3 is 0 Å². The molecule has 1 aromatic carbocycles. The van der Waals surface area contributed by atoms with Gasteiger partial charge in [-0.05, 0) is 50.5 Å². The van der Waals surface area contributed by atoms with E-state index in [-0.39, 0.29) is 12.5 Å². The van der Waals surface area contributed by atoms with Crippen LogP contribution >= 0.6 is 0 Å². The van der Waals surface area contributed by atoms with Crippen LogP contribution in [-0.2, 0) is 4.79 Å². The highest BCUT2D eigenvalue weighted by Crippen LogP contribution is 2.29. The highest BCUT2D eigenvalue weighted by atomic mass is 16.5. The van der Waals surface area contributed by atoms with Crippen LogP contribution in [0.2, 0.25) is 0 Å². The van der Waals surface area contributed by atoms with Gasteiger partial charge in [0.1, 0.15) is 5.75 Å². The van der Waals surface area contributed by atoms with Gasteiger partial charge < -0.3 is 15.4 Å². The molecular weight excluding hydrogens is 240 g/mol. The fraction of sp³-hybridized carbons (Fsp3) is 0.533. The Hall–Kier alpha value is -1.55. The van der Waals surface area contributed by atoms with Crippen molar-refractivity contribution in [3.63, 3.8) is 0 Å². The van der Waals surface area contributed by atoms with Crippen molar-refractivity contribution in [3.05, 3.63) is 23.3 Å². The van der Waals surface area contributed by atoms with Crippen molar-refractivity contribution in [2.45, 2.75) is 34.1 Å². The summed E-state index contributed by atoms with van der Waals surface area (Å²) in [6.07, 6.45) is 0.979. The summed E-state index contributed by atoms with van der Waals surface area (Å²) in [4.78, 5) is 13.6. The second-order valence-corrected chi connectivity index (χ2v) is 4.60. The summed E-state index contributed by atoms with van der Waals surface area (Å²) in [5, 5.41) is 0. The van der Waals surface area contributed by atoms with Crippen molar-refractivity contribution in [1.29, 1.82) is 0 Å². The van der Waals surface area contributed by atoms with Gasteiger partial charge in [-0.1, -0.05) is 6.92 Å². The Morgan fingerprint density at radius 1 is 1.26 bits per heavy atom. The Morgan fingerprint density at radius 2 is 1.84 bits per heavy atom. The lowest BCUT2D eigenvalue weighted by molar-refractivity contribution is -0.117. The van der Waals surface area contributed by atoms with Gasteiger partial charge in [0.25, 0.3) is 0 Å². The number of likely N-dealkylation sites (N-methyl/N-ethyl adjacent to an activating group) is 1. The van der Waals surface area contributed by atoms with Crippen molar-refractivity contribution in [2.24, 2.45) is 5.73 Å². The second kappa shape index (κ2) is 7.14. The summed E-state index contributed by atoms with van der Waals surface area (Å²) in [6, 6.07) is 3.95. The monoisotopic (exact) mass is 264 g/mol. The second-order valence-electron chi connectivity index (χ2n) is 4.60. The molecule has 2 N–H and O–H groups in total. The van der Waals surface area contributed by atoms with Crippen LogP contribution in [0.25, 0.3) is 0 Å². The molecule has 4 heteroatoms. The number of aryl methyl sites for hydroxylation is 2. The lowest BCUT2D eigenvalue weighted by Crippen LogP contribution is -2.36. The van der Waals surface area contributed by atoms with E-state index in [9.17, 15) is 4.79 Å². The van der Waals surface area contributed by atoms with Crippen molar-refractivity contribution in [3.8, 4) is 5.75 Å². The lowest BCUT2D eigenvalue weighted by atomic mass is 10.1. The lowest BCUT2D eigenvalue weighted by Gasteiger charge is -2.25. The third-order valence-electron chi connectivity index (χ3n) is 3.00. The average molecular weight is 264 g/mol.